The molecule has 0 unspecified atom stereocenters. The molecule has 23 heavy (non-hydrogen) atoms. The van der Waals surface area contributed by atoms with Crippen molar-refractivity contribution in [3.8, 4) is 0 Å². The lowest BCUT2D eigenvalue weighted by atomic mass is 10.2. The van der Waals surface area contributed by atoms with Crippen LogP contribution in [-0.2, 0) is 6.54 Å². The van der Waals surface area contributed by atoms with Gasteiger partial charge in [0.1, 0.15) is 5.82 Å². The molecule has 0 bridgehead atoms. The van der Waals surface area contributed by atoms with E-state index in [0.717, 1.165) is 9.13 Å². The van der Waals surface area contributed by atoms with Crippen LogP contribution in [0.15, 0.2) is 60.8 Å². The van der Waals surface area contributed by atoms with Crippen LogP contribution in [0, 0.1) is 9.39 Å². The summed E-state index contributed by atoms with van der Waals surface area (Å²) in [4.78, 5) is 12.2. The molecular formula is C17H13FIN3O. The van der Waals surface area contributed by atoms with Gasteiger partial charge in [0.05, 0.1) is 12.1 Å². The predicted octanol–water partition coefficient (Wildman–Crippen LogP) is 3.93. The van der Waals surface area contributed by atoms with Crippen molar-refractivity contribution in [2.24, 2.45) is 0 Å². The minimum Gasteiger partial charge on any atom is -0.305 e. The van der Waals surface area contributed by atoms with Crippen LogP contribution in [0.25, 0.3) is 0 Å². The molecule has 3 aromatic rings. The lowest BCUT2D eigenvalue weighted by Gasteiger charge is -2.04. The zero-order chi connectivity index (χ0) is 16.2. The van der Waals surface area contributed by atoms with Crippen molar-refractivity contribution < 1.29 is 9.18 Å². The Kier molecular flexibility index (Phi) is 4.71. The molecule has 1 amide bonds. The Labute approximate surface area is 146 Å². The summed E-state index contributed by atoms with van der Waals surface area (Å²) in [6.07, 6.45) is 1.75. The van der Waals surface area contributed by atoms with Crippen LogP contribution in [0.1, 0.15) is 15.9 Å². The summed E-state index contributed by atoms with van der Waals surface area (Å²) in [7, 11) is 0. The zero-order valence-electron chi connectivity index (χ0n) is 12.0. The van der Waals surface area contributed by atoms with E-state index < -0.39 is 0 Å². The number of nitrogens with one attached hydrogen (secondary N) is 1. The Morgan fingerprint density at radius 1 is 1.17 bits per heavy atom. The van der Waals surface area contributed by atoms with E-state index >= 15 is 0 Å². The number of nitrogens with zero attached hydrogens (tertiary/aromatic N) is 2. The van der Waals surface area contributed by atoms with Crippen LogP contribution in [-0.4, -0.2) is 15.7 Å². The normalized spacial score (nSPS) is 10.5. The average Bonchev–Trinajstić information content (AvgIpc) is 2.94. The van der Waals surface area contributed by atoms with E-state index in [4.69, 9.17) is 0 Å². The molecule has 2 aromatic carbocycles. The summed E-state index contributed by atoms with van der Waals surface area (Å²) in [6, 6.07) is 15.4. The molecule has 0 spiro atoms. The maximum atomic E-state index is 13.2. The number of benzene rings is 2. The smallest absolute Gasteiger partial charge is 0.257 e. The van der Waals surface area contributed by atoms with E-state index in [1.165, 1.54) is 12.1 Å². The first-order valence-corrected chi connectivity index (χ1v) is 8.03. The Hall–Kier alpha value is -2.22. The molecule has 0 aliphatic carbocycles. The number of hydrogen-bond donors (Lipinski definition) is 1. The highest BCUT2D eigenvalue weighted by Crippen LogP contribution is 2.14. The summed E-state index contributed by atoms with van der Waals surface area (Å²) in [5, 5.41) is 7.06. The third-order valence-corrected chi connectivity index (χ3v) is 4.18. The molecule has 3 rings (SSSR count). The number of anilines is 1. The molecule has 0 saturated carbocycles. The third kappa shape index (κ3) is 3.95. The molecule has 6 heteroatoms. The molecule has 0 fully saturated rings. The summed E-state index contributed by atoms with van der Waals surface area (Å²) in [5.41, 5.74) is 1.41. The van der Waals surface area contributed by atoms with Crippen LogP contribution in [0.5, 0.6) is 0 Å². The van der Waals surface area contributed by atoms with Gasteiger partial charge >= 0.3 is 0 Å². The topological polar surface area (TPSA) is 46.9 Å². The van der Waals surface area contributed by atoms with Gasteiger partial charge in [-0.05, 0) is 52.4 Å². The molecule has 1 heterocycles. The van der Waals surface area contributed by atoms with Gasteiger partial charge in [0, 0.05) is 15.8 Å². The number of carbonyl (C=O) groups excluding carboxylic acids is 1. The highest BCUT2D eigenvalue weighted by atomic mass is 127. The maximum absolute atomic E-state index is 13.2. The minimum atomic E-state index is -0.276. The Morgan fingerprint density at radius 3 is 2.78 bits per heavy atom. The summed E-state index contributed by atoms with van der Waals surface area (Å²) in [5.74, 6) is -0.0149. The number of hydrogen-bond acceptors (Lipinski definition) is 2. The van der Waals surface area contributed by atoms with Gasteiger partial charge < -0.3 is 5.32 Å². The molecule has 1 aromatic heterocycles. The van der Waals surface area contributed by atoms with Crippen molar-refractivity contribution in [1.82, 2.24) is 9.78 Å². The van der Waals surface area contributed by atoms with E-state index in [1.54, 1.807) is 29.1 Å². The Bertz CT molecular complexity index is 847. The van der Waals surface area contributed by atoms with Gasteiger partial charge in [0.15, 0.2) is 5.82 Å². The largest absolute Gasteiger partial charge is 0.305 e. The van der Waals surface area contributed by atoms with Crippen molar-refractivity contribution in [1.29, 1.82) is 0 Å². The fourth-order valence-electron chi connectivity index (χ4n) is 2.17. The number of carbonyl (C=O) groups is 1. The van der Waals surface area contributed by atoms with Gasteiger partial charge in [0.25, 0.3) is 5.91 Å². The monoisotopic (exact) mass is 421 g/mol. The summed E-state index contributed by atoms with van der Waals surface area (Å²) < 4.78 is 15.7. The van der Waals surface area contributed by atoms with E-state index in [-0.39, 0.29) is 11.7 Å². The first-order chi connectivity index (χ1) is 11.1. The van der Waals surface area contributed by atoms with Crippen molar-refractivity contribution >= 4 is 34.3 Å². The van der Waals surface area contributed by atoms with Gasteiger partial charge in [-0.3, -0.25) is 9.48 Å². The minimum absolute atomic E-state index is 0.203. The molecule has 1 N–H and O–H groups in total. The molecule has 0 aliphatic rings. The molecule has 0 radical (unpaired) electrons. The van der Waals surface area contributed by atoms with Crippen LogP contribution < -0.4 is 5.32 Å². The van der Waals surface area contributed by atoms with Crippen molar-refractivity contribution in [2.75, 3.05) is 5.32 Å². The average molecular weight is 421 g/mol. The number of aromatic nitrogens is 2. The van der Waals surface area contributed by atoms with Gasteiger partial charge in [-0.15, -0.1) is 0 Å². The molecular weight excluding hydrogens is 408 g/mol. The molecule has 0 atom stereocenters. The number of amides is 1. The Morgan fingerprint density at radius 2 is 2.00 bits per heavy atom. The van der Waals surface area contributed by atoms with Crippen molar-refractivity contribution in [3.63, 3.8) is 0 Å². The molecule has 0 aliphatic heterocycles. The highest BCUT2D eigenvalue weighted by molar-refractivity contribution is 14.1. The van der Waals surface area contributed by atoms with Crippen molar-refractivity contribution in [3.05, 3.63) is 81.3 Å². The Balaban J connectivity index is 1.70. The first-order valence-electron chi connectivity index (χ1n) is 6.95. The lowest BCUT2D eigenvalue weighted by Crippen LogP contribution is -2.14. The second-order valence-corrected chi connectivity index (χ2v) is 6.12. The molecule has 0 saturated heterocycles. The first kappa shape index (κ1) is 15.7. The van der Waals surface area contributed by atoms with Crippen LogP contribution in [0.4, 0.5) is 10.2 Å². The van der Waals surface area contributed by atoms with Crippen molar-refractivity contribution in [2.45, 2.75) is 6.54 Å². The van der Waals surface area contributed by atoms with Gasteiger partial charge in [-0.2, -0.15) is 5.10 Å². The second kappa shape index (κ2) is 6.91. The summed E-state index contributed by atoms with van der Waals surface area (Å²) >= 11 is 2.12. The number of halogens is 2. The molecule has 116 valence electrons. The lowest BCUT2D eigenvalue weighted by molar-refractivity contribution is 0.102. The SMILES string of the molecule is O=C(Nc1ccn(Cc2cccc(F)c2)n1)c1ccccc1I. The predicted molar refractivity (Wildman–Crippen MR) is 94.8 cm³/mol. The number of rotatable bonds is 4. The van der Waals surface area contributed by atoms with Gasteiger partial charge in [-0.25, -0.2) is 4.39 Å². The van der Waals surface area contributed by atoms with Crippen LogP contribution in [0.2, 0.25) is 0 Å². The maximum Gasteiger partial charge on any atom is 0.257 e. The van der Waals surface area contributed by atoms with Crippen LogP contribution in [0.3, 0.4) is 0 Å². The van der Waals surface area contributed by atoms with E-state index in [9.17, 15) is 9.18 Å². The van der Waals surface area contributed by atoms with E-state index in [1.807, 2.05) is 24.3 Å². The molecule has 4 nitrogen and oxygen atoms in total. The van der Waals surface area contributed by atoms with Gasteiger partial charge in [0.2, 0.25) is 0 Å². The van der Waals surface area contributed by atoms with E-state index in [2.05, 4.69) is 33.0 Å². The van der Waals surface area contributed by atoms with Crippen LogP contribution >= 0.6 is 22.6 Å². The zero-order valence-corrected chi connectivity index (χ0v) is 14.2. The highest BCUT2D eigenvalue weighted by Gasteiger charge is 2.11. The third-order valence-electron chi connectivity index (χ3n) is 3.23. The van der Waals surface area contributed by atoms with E-state index in [0.29, 0.717) is 17.9 Å². The summed E-state index contributed by atoms with van der Waals surface area (Å²) in [6.45, 7) is 0.441. The standard InChI is InChI=1S/C17H13FIN3O/c18-13-5-3-4-12(10-13)11-22-9-8-16(21-22)20-17(23)14-6-1-2-7-15(14)19/h1-10H,11H2,(H,20,21,23). The second-order valence-electron chi connectivity index (χ2n) is 4.96. The van der Waals surface area contributed by atoms with Gasteiger partial charge in [-0.1, -0.05) is 24.3 Å². The quantitative estimate of drug-likeness (QED) is 0.650. The fraction of sp³-hybridized carbons (Fsp3) is 0.0588. The fourth-order valence-corrected chi connectivity index (χ4v) is 2.80.